The van der Waals surface area contributed by atoms with Crippen LogP contribution in [0.3, 0.4) is 0 Å². The van der Waals surface area contributed by atoms with Crippen LogP contribution in [0, 0.1) is 0 Å². The largest absolute Gasteiger partial charge is 0.299 e. The topological polar surface area (TPSA) is 17.1 Å². The van der Waals surface area contributed by atoms with Crippen molar-refractivity contribution in [3.63, 3.8) is 0 Å². The first-order valence-corrected chi connectivity index (χ1v) is 3.56. The van der Waals surface area contributed by atoms with Crippen molar-refractivity contribution in [2.24, 2.45) is 0 Å². The summed E-state index contributed by atoms with van der Waals surface area (Å²) in [5.41, 5.74) is 0. The third kappa shape index (κ3) is 2.45. The van der Waals surface area contributed by atoms with Crippen molar-refractivity contribution < 1.29 is 4.79 Å². The molecule has 0 fully saturated rings. The summed E-state index contributed by atoms with van der Waals surface area (Å²) in [6.45, 7) is 0. The van der Waals surface area contributed by atoms with E-state index in [-0.39, 0.29) is 0 Å². The fourth-order valence-electron chi connectivity index (χ4n) is 1.02. The van der Waals surface area contributed by atoms with Gasteiger partial charge >= 0.3 is 0 Å². The predicted molar refractivity (Wildman–Crippen MR) is 37.2 cm³/mol. The highest BCUT2D eigenvalue weighted by atomic mass is 16.1. The molecule has 0 spiro atoms. The molecule has 0 aromatic carbocycles. The van der Waals surface area contributed by atoms with Gasteiger partial charge in [-0.05, 0) is 19.3 Å². The Hall–Kier alpha value is -0.590. The molecular weight excluding hydrogens is 112 g/mol. The Morgan fingerprint density at radius 3 is 3.00 bits per heavy atom. The summed E-state index contributed by atoms with van der Waals surface area (Å²) in [4.78, 5) is 10.8. The van der Waals surface area contributed by atoms with Gasteiger partial charge in [0.05, 0.1) is 0 Å². The number of Topliss-reactive ketones (excluding diaryl/α,β-unsaturated/α-hetero) is 1. The van der Waals surface area contributed by atoms with Crippen LogP contribution in [0.25, 0.3) is 0 Å². The van der Waals surface area contributed by atoms with Crippen LogP contribution in [0.15, 0.2) is 12.2 Å². The molecule has 1 rings (SSSR count). The minimum absolute atomic E-state index is 0.394. The van der Waals surface area contributed by atoms with E-state index in [1.165, 1.54) is 6.42 Å². The Balaban J connectivity index is 2.37. The summed E-state index contributed by atoms with van der Waals surface area (Å²) in [7, 11) is 0. The molecular formula is C8H12O. The van der Waals surface area contributed by atoms with Crippen LogP contribution in [0.4, 0.5) is 0 Å². The molecule has 1 aliphatic rings. The number of ketones is 1. The zero-order valence-corrected chi connectivity index (χ0v) is 5.60. The fraction of sp³-hybridized carbons (Fsp3) is 0.625. The molecule has 50 valence electrons. The maximum Gasteiger partial charge on any atom is 0.136 e. The van der Waals surface area contributed by atoms with E-state index in [4.69, 9.17) is 0 Å². The Kier molecular flexibility index (Phi) is 2.49. The molecule has 0 aromatic rings. The molecule has 1 nitrogen and oxygen atoms in total. The van der Waals surface area contributed by atoms with E-state index >= 15 is 0 Å². The molecule has 0 amide bonds. The molecule has 0 unspecified atom stereocenters. The van der Waals surface area contributed by atoms with Gasteiger partial charge in [0, 0.05) is 12.8 Å². The first kappa shape index (κ1) is 6.53. The minimum atomic E-state index is 0.394. The Morgan fingerprint density at radius 1 is 1.22 bits per heavy atom. The van der Waals surface area contributed by atoms with Crippen molar-refractivity contribution in [3.8, 4) is 0 Å². The third-order valence-corrected chi connectivity index (χ3v) is 1.59. The van der Waals surface area contributed by atoms with Gasteiger partial charge in [0.15, 0.2) is 0 Å². The highest BCUT2D eigenvalue weighted by Crippen LogP contribution is 2.07. The van der Waals surface area contributed by atoms with Crippen LogP contribution in [-0.2, 0) is 4.79 Å². The summed E-state index contributed by atoms with van der Waals surface area (Å²) in [6.07, 6.45) is 8.99. The number of allylic oxidation sites excluding steroid dienone is 2. The van der Waals surface area contributed by atoms with Crippen LogP contribution in [0.5, 0.6) is 0 Å². The van der Waals surface area contributed by atoms with Crippen molar-refractivity contribution in [3.05, 3.63) is 12.2 Å². The molecule has 0 N–H and O–H groups in total. The quantitative estimate of drug-likeness (QED) is 0.452. The Bertz CT molecular complexity index is 125. The van der Waals surface area contributed by atoms with E-state index in [0.717, 1.165) is 19.3 Å². The van der Waals surface area contributed by atoms with Gasteiger partial charge in [-0.3, -0.25) is 4.79 Å². The van der Waals surface area contributed by atoms with Crippen molar-refractivity contribution >= 4 is 5.78 Å². The number of hydrogen-bond acceptors (Lipinski definition) is 1. The highest BCUT2D eigenvalue weighted by Gasteiger charge is 2.00. The summed E-state index contributed by atoms with van der Waals surface area (Å²) < 4.78 is 0. The van der Waals surface area contributed by atoms with Gasteiger partial charge in [0.1, 0.15) is 5.78 Å². The molecule has 0 aromatic heterocycles. The molecule has 0 saturated carbocycles. The molecule has 0 saturated heterocycles. The van der Waals surface area contributed by atoms with Gasteiger partial charge in [-0.2, -0.15) is 0 Å². The number of carbonyl (C=O) groups is 1. The molecule has 0 radical (unpaired) electrons. The Morgan fingerprint density at radius 2 is 2.11 bits per heavy atom. The molecule has 9 heavy (non-hydrogen) atoms. The lowest BCUT2D eigenvalue weighted by Gasteiger charge is -1.99. The second kappa shape index (κ2) is 3.44. The third-order valence-electron chi connectivity index (χ3n) is 1.59. The lowest BCUT2D eigenvalue weighted by Crippen LogP contribution is -1.96. The van der Waals surface area contributed by atoms with Gasteiger partial charge in [0.2, 0.25) is 0 Å². The zero-order chi connectivity index (χ0) is 6.53. The SMILES string of the molecule is O=C1CC=CCCCC1. The zero-order valence-electron chi connectivity index (χ0n) is 5.60. The van der Waals surface area contributed by atoms with E-state index < -0.39 is 0 Å². The van der Waals surface area contributed by atoms with E-state index in [1.807, 2.05) is 6.08 Å². The van der Waals surface area contributed by atoms with Gasteiger partial charge in [-0.1, -0.05) is 12.2 Å². The van der Waals surface area contributed by atoms with Crippen molar-refractivity contribution in [1.82, 2.24) is 0 Å². The molecule has 0 bridgehead atoms. The van der Waals surface area contributed by atoms with Crippen LogP contribution in [0.2, 0.25) is 0 Å². The van der Waals surface area contributed by atoms with Gasteiger partial charge in [-0.15, -0.1) is 0 Å². The van der Waals surface area contributed by atoms with E-state index in [9.17, 15) is 4.79 Å². The monoisotopic (exact) mass is 124 g/mol. The smallest absolute Gasteiger partial charge is 0.136 e. The number of hydrogen-bond donors (Lipinski definition) is 0. The maximum atomic E-state index is 10.8. The average Bonchev–Trinajstić information content (AvgIpc) is 1.79. The van der Waals surface area contributed by atoms with E-state index in [1.54, 1.807) is 0 Å². The lowest BCUT2D eigenvalue weighted by molar-refractivity contribution is -0.118. The molecule has 1 aliphatic carbocycles. The normalized spacial score (nSPS) is 21.1. The first-order valence-electron chi connectivity index (χ1n) is 3.56. The fourth-order valence-corrected chi connectivity index (χ4v) is 1.02. The number of carbonyl (C=O) groups excluding carboxylic acids is 1. The van der Waals surface area contributed by atoms with Crippen LogP contribution < -0.4 is 0 Å². The van der Waals surface area contributed by atoms with Crippen LogP contribution >= 0.6 is 0 Å². The summed E-state index contributed by atoms with van der Waals surface area (Å²) >= 11 is 0. The molecule has 1 heteroatoms. The predicted octanol–water partition coefficient (Wildman–Crippen LogP) is 2.08. The Labute approximate surface area is 55.8 Å². The second-order valence-electron chi connectivity index (χ2n) is 2.46. The average molecular weight is 124 g/mol. The van der Waals surface area contributed by atoms with Gasteiger partial charge in [0.25, 0.3) is 0 Å². The number of rotatable bonds is 0. The van der Waals surface area contributed by atoms with Gasteiger partial charge < -0.3 is 0 Å². The highest BCUT2D eigenvalue weighted by molar-refractivity contribution is 5.79. The summed E-state index contributed by atoms with van der Waals surface area (Å²) in [5, 5.41) is 0. The molecule has 0 aliphatic heterocycles. The first-order chi connectivity index (χ1) is 4.39. The standard InChI is InChI=1S/C8H12O/c9-8-6-4-2-1-3-5-7-8/h2,4H,1,3,5-7H2. The lowest BCUT2D eigenvalue weighted by atomic mass is 10.1. The van der Waals surface area contributed by atoms with Crippen molar-refractivity contribution in [2.45, 2.75) is 32.1 Å². The second-order valence-corrected chi connectivity index (χ2v) is 2.46. The van der Waals surface area contributed by atoms with Crippen molar-refractivity contribution in [2.75, 3.05) is 0 Å². The van der Waals surface area contributed by atoms with Crippen molar-refractivity contribution in [1.29, 1.82) is 0 Å². The maximum absolute atomic E-state index is 10.8. The van der Waals surface area contributed by atoms with E-state index in [0.29, 0.717) is 12.2 Å². The molecule has 0 atom stereocenters. The van der Waals surface area contributed by atoms with Crippen LogP contribution in [0.1, 0.15) is 32.1 Å². The summed E-state index contributed by atoms with van der Waals surface area (Å²) in [6, 6.07) is 0. The van der Waals surface area contributed by atoms with E-state index in [2.05, 4.69) is 6.08 Å². The van der Waals surface area contributed by atoms with Crippen LogP contribution in [-0.4, -0.2) is 5.78 Å². The molecule has 0 heterocycles. The summed E-state index contributed by atoms with van der Waals surface area (Å²) in [5.74, 6) is 0.394. The minimum Gasteiger partial charge on any atom is -0.299 e. The van der Waals surface area contributed by atoms with Gasteiger partial charge in [-0.25, -0.2) is 0 Å².